The summed E-state index contributed by atoms with van der Waals surface area (Å²) >= 11 is 0. The number of hydrogen-bond donors (Lipinski definition) is 2. The van der Waals surface area contributed by atoms with E-state index in [9.17, 15) is 9.90 Å². The number of aliphatic hydroxyl groups is 1. The van der Waals surface area contributed by atoms with Gasteiger partial charge in [0.1, 0.15) is 5.75 Å². The number of benzene rings is 1. The second kappa shape index (κ2) is 9.40. The summed E-state index contributed by atoms with van der Waals surface area (Å²) in [7, 11) is 0. The molecule has 0 saturated heterocycles. The maximum atomic E-state index is 12.4. The molecule has 2 amide bonds. The van der Waals surface area contributed by atoms with Gasteiger partial charge in [-0.25, -0.2) is 4.79 Å². The van der Waals surface area contributed by atoms with Crippen molar-refractivity contribution < 1.29 is 14.6 Å². The zero-order valence-corrected chi connectivity index (χ0v) is 14.9. The van der Waals surface area contributed by atoms with Gasteiger partial charge in [-0.3, -0.25) is 0 Å². The Morgan fingerprint density at radius 1 is 1.35 bits per heavy atom. The van der Waals surface area contributed by atoms with E-state index in [0.29, 0.717) is 13.2 Å². The van der Waals surface area contributed by atoms with E-state index >= 15 is 0 Å². The highest BCUT2D eigenvalue weighted by atomic mass is 16.5. The van der Waals surface area contributed by atoms with Gasteiger partial charge in [0.05, 0.1) is 12.7 Å². The van der Waals surface area contributed by atoms with Gasteiger partial charge in [0.25, 0.3) is 0 Å². The molecule has 0 fully saturated rings. The molecule has 0 aliphatic carbocycles. The topological polar surface area (TPSA) is 61.8 Å². The maximum absolute atomic E-state index is 12.4. The van der Waals surface area contributed by atoms with Gasteiger partial charge in [0.15, 0.2) is 0 Å². The predicted octanol–water partition coefficient (Wildman–Crippen LogP) is 3.80. The maximum Gasteiger partial charge on any atom is 0.322 e. The summed E-state index contributed by atoms with van der Waals surface area (Å²) in [6.45, 7) is 10.6. The minimum Gasteiger partial charge on any atom is -0.494 e. The molecule has 5 heteroatoms. The molecule has 0 aromatic heterocycles. The van der Waals surface area contributed by atoms with Crippen LogP contribution in [0.25, 0.3) is 0 Å². The Morgan fingerprint density at radius 2 is 2.04 bits per heavy atom. The fraction of sp³-hybridized carbons (Fsp3) is 0.611. The zero-order chi connectivity index (χ0) is 17.4. The molecule has 1 unspecified atom stereocenters. The van der Waals surface area contributed by atoms with Crippen LogP contribution in [0.15, 0.2) is 18.2 Å². The lowest BCUT2D eigenvalue weighted by atomic mass is 10.2. The molecular formula is C18H30N2O3. The highest BCUT2D eigenvalue weighted by Gasteiger charge is 2.19. The van der Waals surface area contributed by atoms with Gasteiger partial charge >= 0.3 is 6.03 Å². The minimum absolute atomic E-state index is 0.0153. The number of carbonyl (C=O) groups excluding carboxylic acids is 1. The smallest absolute Gasteiger partial charge is 0.322 e. The molecule has 0 spiro atoms. The SMILES string of the molecule is CCCCOc1ccc(NC(=O)N(CC(C)O)C(C)C)c(C)c1. The van der Waals surface area contributed by atoms with Crippen LogP contribution in [0.5, 0.6) is 5.75 Å². The summed E-state index contributed by atoms with van der Waals surface area (Å²) in [5.74, 6) is 0.818. The van der Waals surface area contributed by atoms with Crippen molar-refractivity contribution in [3.8, 4) is 5.75 Å². The quantitative estimate of drug-likeness (QED) is 0.716. The van der Waals surface area contributed by atoms with Crippen LogP contribution in [0.3, 0.4) is 0 Å². The second-order valence-electron chi connectivity index (χ2n) is 6.20. The highest BCUT2D eigenvalue weighted by molar-refractivity contribution is 5.90. The van der Waals surface area contributed by atoms with E-state index in [1.54, 1.807) is 11.8 Å². The van der Waals surface area contributed by atoms with Crippen molar-refractivity contribution in [1.29, 1.82) is 0 Å². The molecule has 0 aliphatic rings. The van der Waals surface area contributed by atoms with Crippen LogP contribution >= 0.6 is 0 Å². The number of aliphatic hydroxyl groups excluding tert-OH is 1. The second-order valence-corrected chi connectivity index (χ2v) is 6.20. The fourth-order valence-electron chi connectivity index (χ4n) is 2.20. The van der Waals surface area contributed by atoms with Crippen LogP contribution in [0, 0.1) is 6.92 Å². The molecule has 1 aromatic carbocycles. The van der Waals surface area contributed by atoms with E-state index in [1.165, 1.54) is 0 Å². The Labute approximate surface area is 139 Å². The number of rotatable bonds is 8. The summed E-state index contributed by atoms with van der Waals surface area (Å²) in [5, 5.41) is 12.5. The predicted molar refractivity (Wildman–Crippen MR) is 94.1 cm³/mol. The normalized spacial score (nSPS) is 12.1. The lowest BCUT2D eigenvalue weighted by Gasteiger charge is -2.28. The monoisotopic (exact) mass is 322 g/mol. The average Bonchev–Trinajstić information content (AvgIpc) is 2.47. The Bertz CT molecular complexity index is 501. The molecule has 1 aromatic rings. The first-order valence-corrected chi connectivity index (χ1v) is 8.34. The van der Waals surface area contributed by atoms with Crippen LogP contribution in [-0.4, -0.2) is 41.3 Å². The van der Waals surface area contributed by atoms with Gasteiger partial charge in [-0.05, 0) is 57.9 Å². The number of hydrogen-bond acceptors (Lipinski definition) is 3. The third-order valence-electron chi connectivity index (χ3n) is 3.55. The summed E-state index contributed by atoms with van der Waals surface area (Å²) in [4.78, 5) is 14.0. The van der Waals surface area contributed by atoms with Crippen molar-refractivity contribution in [3.63, 3.8) is 0 Å². The van der Waals surface area contributed by atoms with Crippen molar-refractivity contribution in [2.45, 2.75) is 59.6 Å². The van der Waals surface area contributed by atoms with E-state index in [1.807, 2.05) is 39.0 Å². The van der Waals surface area contributed by atoms with Gasteiger partial charge in [-0.15, -0.1) is 0 Å². The standard InChI is InChI=1S/C18H30N2O3/c1-6-7-10-23-16-8-9-17(14(4)11-16)19-18(22)20(13(2)3)12-15(5)21/h8-9,11,13,15,21H,6-7,10,12H2,1-5H3,(H,19,22). The molecule has 23 heavy (non-hydrogen) atoms. The Morgan fingerprint density at radius 3 is 2.57 bits per heavy atom. The minimum atomic E-state index is -0.557. The summed E-state index contributed by atoms with van der Waals surface area (Å²) < 4.78 is 5.67. The third kappa shape index (κ3) is 6.48. The fourth-order valence-corrected chi connectivity index (χ4v) is 2.20. The number of unbranched alkanes of at least 4 members (excludes halogenated alkanes) is 1. The van der Waals surface area contributed by atoms with E-state index < -0.39 is 6.10 Å². The molecule has 0 heterocycles. The number of aryl methyl sites for hydroxylation is 1. The highest BCUT2D eigenvalue weighted by Crippen LogP contribution is 2.22. The van der Waals surface area contributed by atoms with E-state index in [2.05, 4.69) is 12.2 Å². The number of amides is 2. The Kier molecular flexibility index (Phi) is 7.89. The lowest BCUT2D eigenvalue weighted by molar-refractivity contribution is 0.125. The number of ether oxygens (including phenoxy) is 1. The Hall–Kier alpha value is -1.75. The first-order chi connectivity index (χ1) is 10.8. The van der Waals surface area contributed by atoms with Crippen molar-refractivity contribution in [3.05, 3.63) is 23.8 Å². The summed E-state index contributed by atoms with van der Waals surface area (Å²) in [6, 6.07) is 5.46. The van der Waals surface area contributed by atoms with Crippen molar-refractivity contribution in [2.75, 3.05) is 18.5 Å². The van der Waals surface area contributed by atoms with Crippen LogP contribution in [0.2, 0.25) is 0 Å². The molecule has 0 aliphatic heterocycles. The van der Waals surface area contributed by atoms with Gasteiger partial charge < -0.3 is 20.1 Å². The number of carbonyl (C=O) groups is 1. The third-order valence-corrected chi connectivity index (χ3v) is 3.55. The summed E-state index contributed by atoms with van der Waals surface area (Å²) in [5.41, 5.74) is 1.71. The molecule has 1 rings (SSSR count). The first-order valence-electron chi connectivity index (χ1n) is 8.34. The van der Waals surface area contributed by atoms with Crippen LogP contribution in [0.4, 0.5) is 10.5 Å². The molecule has 0 saturated carbocycles. The zero-order valence-electron chi connectivity index (χ0n) is 14.9. The largest absolute Gasteiger partial charge is 0.494 e. The Balaban J connectivity index is 2.73. The van der Waals surface area contributed by atoms with Gasteiger partial charge in [-0.2, -0.15) is 0 Å². The molecule has 5 nitrogen and oxygen atoms in total. The van der Waals surface area contributed by atoms with E-state index in [4.69, 9.17) is 4.74 Å². The van der Waals surface area contributed by atoms with E-state index in [0.717, 1.165) is 29.8 Å². The number of urea groups is 1. The van der Waals surface area contributed by atoms with Crippen molar-refractivity contribution in [1.82, 2.24) is 4.90 Å². The number of anilines is 1. The summed E-state index contributed by atoms with van der Waals surface area (Å²) in [6.07, 6.45) is 1.57. The first kappa shape index (κ1) is 19.3. The molecule has 0 radical (unpaired) electrons. The lowest BCUT2D eigenvalue weighted by Crippen LogP contribution is -2.43. The van der Waals surface area contributed by atoms with Crippen molar-refractivity contribution in [2.24, 2.45) is 0 Å². The molecule has 2 N–H and O–H groups in total. The molecular weight excluding hydrogens is 292 g/mol. The van der Waals surface area contributed by atoms with Crippen LogP contribution < -0.4 is 10.1 Å². The molecule has 1 atom stereocenters. The van der Waals surface area contributed by atoms with Crippen LogP contribution in [-0.2, 0) is 0 Å². The van der Waals surface area contributed by atoms with E-state index in [-0.39, 0.29) is 12.1 Å². The number of nitrogens with one attached hydrogen (secondary N) is 1. The van der Waals surface area contributed by atoms with Gasteiger partial charge in [0, 0.05) is 18.3 Å². The number of nitrogens with zero attached hydrogens (tertiary/aromatic N) is 1. The van der Waals surface area contributed by atoms with Crippen molar-refractivity contribution >= 4 is 11.7 Å². The van der Waals surface area contributed by atoms with Gasteiger partial charge in [-0.1, -0.05) is 13.3 Å². The molecule has 0 bridgehead atoms. The van der Waals surface area contributed by atoms with Crippen LogP contribution in [0.1, 0.15) is 46.1 Å². The average molecular weight is 322 g/mol. The van der Waals surface area contributed by atoms with Gasteiger partial charge in [0.2, 0.25) is 0 Å². The molecule has 130 valence electrons.